The molecular weight excluding hydrogens is 388 g/mol. The van der Waals surface area contributed by atoms with Crippen molar-refractivity contribution in [3.05, 3.63) is 58.6 Å². The third kappa shape index (κ3) is 4.86. The van der Waals surface area contributed by atoms with Crippen molar-refractivity contribution in [2.45, 2.75) is 13.3 Å². The van der Waals surface area contributed by atoms with Gasteiger partial charge >= 0.3 is 0 Å². The maximum atomic E-state index is 12.3. The van der Waals surface area contributed by atoms with Crippen molar-refractivity contribution in [3.63, 3.8) is 0 Å². The zero-order valence-corrected chi connectivity index (χ0v) is 17.8. The minimum absolute atomic E-state index is 0.102. The topological polar surface area (TPSA) is 69.7 Å². The van der Waals surface area contributed by atoms with E-state index in [2.05, 4.69) is 10.3 Å². The normalized spacial score (nSPS) is 10.5. The predicted octanol–water partition coefficient (Wildman–Crippen LogP) is 4.12. The fraction of sp³-hybridized carbons (Fsp3) is 0.273. The fourth-order valence-corrected chi connectivity index (χ4v) is 3.94. The van der Waals surface area contributed by atoms with E-state index in [1.54, 1.807) is 56.9 Å². The number of benzene rings is 2. The Morgan fingerprint density at radius 3 is 2.38 bits per heavy atom. The van der Waals surface area contributed by atoms with Gasteiger partial charge in [-0.05, 0) is 49.4 Å². The first kappa shape index (κ1) is 20.7. The summed E-state index contributed by atoms with van der Waals surface area (Å²) in [6.45, 7) is 2.53. The molecule has 0 unspecified atom stereocenters. The summed E-state index contributed by atoms with van der Waals surface area (Å²) in [7, 11) is 4.83. The number of aryl methyl sites for hydroxylation is 1. The Labute approximate surface area is 174 Å². The third-order valence-corrected chi connectivity index (χ3v) is 5.78. The maximum absolute atomic E-state index is 12.3. The van der Waals surface area contributed by atoms with Gasteiger partial charge in [0.25, 0.3) is 5.91 Å². The smallest absolute Gasteiger partial charge is 0.251 e. The number of ether oxygens (including phenoxy) is 3. The summed E-state index contributed by atoms with van der Waals surface area (Å²) in [5, 5.41) is 3.87. The van der Waals surface area contributed by atoms with Crippen LogP contribution in [-0.2, 0) is 6.42 Å². The molecule has 2 aromatic carbocycles. The lowest BCUT2D eigenvalue weighted by Gasteiger charge is -2.08. The number of hydrogen-bond donors (Lipinski definition) is 1. The third-order valence-electron chi connectivity index (χ3n) is 4.51. The van der Waals surface area contributed by atoms with E-state index in [0.29, 0.717) is 23.6 Å². The quantitative estimate of drug-likeness (QED) is 0.603. The van der Waals surface area contributed by atoms with Gasteiger partial charge in [-0.1, -0.05) is 0 Å². The summed E-state index contributed by atoms with van der Waals surface area (Å²) in [4.78, 5) is 18.1. The summed E-state index contributed by atoms with van der Waals surface area (Å²) < 4.78 is 15.8. The molecule has 0 atom stereocenters. The molecule has 6 nitrogen and oxygen atoms in total. The summed E-state index contributed by atoms with van der Waals surface area (Å²) in [6.07, 6.45) is 0.721. The van der Waals surface area contributed by atoms with Crippen LogP contribution < -0.4 is 19.5 Å². The van der Waals surface area contributed by atoms with Crippen molar-refractivity contribution in [1.29, 1.82) is 0 Å². The molecule has 0 saturated heterocycles. The zero-order valence-electron chi connectivity index (χ0n) is 16.9. The van der Waals surface area contributed by atoms with Gasteiger partial charge < -0.3 is 19.5 Å². The number of methoxy groups -OCH3 is 3. The van der Waals surface area contributed by atoms with Gasteiger partial charge in [0.05, 0.1) is 27.0 Å². The lowest BCUT2D eigenvalue weighted by atomic mass is 10.2. The lowest BCUT2D eigenvalue weighted by Crippen LogP contribution is -2.25. The molecule has 1 N–H and O–H groups in total. The number of amides is 1. The van der Waals surface area contributed by atoms with E-state index in [1.807, 2.05) is 25.1 Å². The highest BCUT2D eigenvalue weighted by Crippen LogP contribution is 2.35. The van der Waals surface area contributed by atoms with Gasteiger partial charge in [-0.15, -0.1) is 11.3 Å². The molecule has 29 heavy (non-hydrogen) atoms. The summed E-state index contributed by atoms with van der Waals surface area (Å²) in [6, 6.07) is 12.8. The Morgan fingerprint density at radius 2 is 1.72 bits per heavy atom. The number of aromatic nitrogens is 1. The van der Waals surface area contributed by atoms with Crippen LogP contribution in [0.4, 0.5) is 0 Å². The van der Waals surface area contributed by atoms with Gasteiger partial charge in [-0.2, -0.15) is 0 Å². The Bertz CT molecular complexity index is 983. The van der Waals surface area contributed by atoms with Gasteiger partial charge in [0, 0.05) is 29.0 Å². The first-order chi connectivity index (χ1) is 14.0. The molecule has 152 valence electrons. The number of thiazole rings is 1. The summed E-state index contributed by atoms with van der Waals surface area (Å²) in [5.41, 5.74) is 2.56. The molecule has 1 heterocycles. The molecule has 7 heteroatoms. The second-order valence-corrected chi connectivity index (χ2v) is 7.42. The van der Waals surface area contributed by atoms with Crippen molar-refractivity contribution in [3.8, 4) is 27.8 Å². The number of carbonyl (C=O) groups is 1. The van der Waals surface area contributed by atoms with E-state index in [1.165, 1.54) is 0 Å². The van der Waals surface area contributed by atoms with E-state index >= 15 is 0 Å². The molecule has 3 rings (SSSR count). The van der Waals surface area contributed by atoms with Crippen LogP contribution in [0.5, 0.6) is 17.2 Å². The molecule has 0 bridgehead atoms. The minimum atomic E-state index is -0.102. The van der Waals surface area contributed by atoms with Crippen LogP contribution in [0, 0.1) is 6.92 Å². The largest absolute Gasteiger partial charge is 0.497 e. The zero-order chi connectivity index (χ0) is 20.8. The van der Waals surface area contributed by atoms with Crippen LogP contribution >= 0.6 is 11.3 Å². The van der Waals surface area contributed by atoms with Crippen molar-refractivity contribution < 1.29 is 19.0 Å². The van der Waals surface area contributed by atoms with Crippen molar-refractivity contribution >= 4 is 17.2 Å². The Balaban J connectivity index is 1.64. The predicted molar refractivity (Wildman–Crippen MR) is 114 cm³/mol. The molecule has 0 aliphatic rings. The molecular formula is C22H24N2O4S. The van der Waals surface area contributed by atoms with Crippen LogP contribution in [0.15, 0.2) is 42.5 Å². The summed E-state index contributed by atoms with van der Waals surface area (Å²) >= 11 is 1.62. The standard InChI is InChI=1S/C22H24N2O4S/c1-14-20(11-12-23-21(25)15-5-8-17(26-2)9-6-15)29-22(24-14)16-7-10-18(27-3)19(13-16)28-4/h5-10,13H,11-12H2,1-4H3,(H,23,25). The molecule has 1 amide bonds. The van der Waals surface area contributed by atoms with Gasteiger partial charge in [0.2, 0.25) is 0 Å². The van der Waals surface area contributed by atoms with Crippen LogP contribution in [0.2, 0.25) is 0 Å². The summed E-state index contributed by atoms with van der Waals surface area (Å²) in [5.74, 6) is 1.98. The van der Waals surface area contributed by atoms with Gasteiger partial charge in [-0.3, -0.25) is 4.79 Å². The molecule has 0 spiro atoms. The number of hydrogen-bond acceptors (Lipinski definition) is 6. The first-order valence-corrected chi connectivity index (χ1v) is 9.98. The second-order valence-electron chi connectivity index (χ2n) is 6.33. The van der Waals surface area contributed by atoms with E-state index in [-0.39, 0.29) is 5.91 Å². The second kappa shape index (κ2) is 9.43. The Hall–Kier alpha value is -3.06. The van der Waals surface area contributed by atoms with Gasteiger partial charge in [0.1, 0.15) is 10.8 Å². The van der Waals surface area contributed by atoms with Crippen molar-refractivity contribution in [2.24, 2.45) is 0 Å². The highest BCUT2D eigenvalue weighted by atomic mass is 32.1. The number of rotatable bonds is 8. The Kier molecular flexibility index (Phi) is 6.72. The monoisotopic (exact) mass is 412 g/mol. The number of nitrogens with one attached hydrogen (secondary N) is 1. The molecule has 0 aliphatic carbocycles. The van der Waals surface area contributed by atoms with Crippen LogP contribution in [0.25, 0.3) is 10.6 Å². The van der Waals surface area contributed by atoms with E-state index in [4.69, 9.17) is 14.2 Å². The maximum Gasteiger partial charge on any atom is 0.251 e. The van der Waals surface area contributed by atoms with Crippen LogP contribution in [-0.4, -0.2) is 38.8 Å². The average Bonchev–Trinajstić information content (AvgIpc) is 3.13. The number of carbonyl (C=O) groups excluding carboxylic acids is 1. The van der Waals surface area contributed by atoms with Crippen molar-refractivity contribution in [2.75, 3.05) is 27.9 Å². The minimum Gasteiger partial charge on any atom is -0.497 e. The van der Waals surface area contributed by atoms with Gasteiger partial charge in [0.15, 0.2) is 11.5 Å². The molecule has 3 aromatic rings. The molecule has 1 aromatic heterocycles. The van der Waals surface area contributed by atoms with Crippen LogP contribution in [0.3, 0.4) is 0 Å². The molecule has 0 radical (unpaired) electrons. The average molecular weight is 413 g/mol. The van der Waals surface area contributed by atoms with E-state index < -0.39 is 0 Å². The number of nitrogens with zero attached hydrogens (tertiary/aromatic N) is 1. The molecule has 0 fully saturated rings. The SMILES string of the molecule is COc1ccc(C(=O)NCCc2sc(-c3ccc(OC)c(OC)c3)nc2C)cc1. The first-order valence-electron chi connectivity index (χ1n) is 9.16. The fourth-order valence-electron chi connectivity index (χ4n) is 2.89. The Morgan fingerprint density at radius 1 is 1.00 bits per heavy atom. The van der Waals surface area contributed by atoms with Crippen molar-refractivity contribution in [1.82, 2.24) is 10.3 Å². The van der Waals surface area contributed by atoms with E-state index in [9.17, 15) is 4.79 Å². The highest BCUT2D eigenvalue weighted by Gasteiger charge is 2.13. The highest BCUT2D eigenvalue weighted by molar-refractivity contribution is 7.15. The van der Waals surface area contributed by atoms with Crippen LogP contribution in [0.1, 0.15) is 20.9 Å². The van der Waals surface area contributed by atoms with E-state index in [0.717, 1.165) is 33.3 Å². The molecule has 0 aliphatic heterocycles. The molecule has 0 saturated carbocycles. The lowest BCUT2D eigenvalue weighted by molar-refractivity contribution is 0.0954. The van der Waals surface area contributed by atoms with Gasteiger partial charge in [-0.25, -0.2) is 4.98 Å².